The van der Waals surface area contributed by atoms with E-state index in [0.29, 0.717) is 11.2 Å². The van der Waals surface area contributed by atoms with Gasteiger partial charge in [-0.15, -0.1) is 5.50 Å². The summed E-state index contributed by atoms with van der Waals surface area (Å²) < 4.78 is 11.5. The molecule has 23 heavy (non-hydrogen) atoms. The lowest BCUT2D eigenvalue weighted by Crippen LogP contribution is -2.34. The van der Waals surface area contributed by atoms with Gasteiger partial charge in [0.25, 0.3) is 0 Å². The summed E-state index contributed by atoms with van der Waals surface area (Å²) in [7, 11) is -3.98. The first-order valence-electron chi connectivity index (χ1n) is 6.52. The Morgan fingerprint density at radius 1 is 1.39 bits per heavy atom. The Bertz CT molecular complexity index is 758. The molecule has 1 fully saturated rings. The molecular formula is C10H16N6O6P+. The number of hydrogen-bond acceptors (Lipinski definition) is 10. The first-order valence-corrected chi connectivity index (χ1v) is 8.20. The molecule has 0 aromatic carbocycles. The third kappa shape index (κ3) is 3.11. The number of ether oxygens (including phenoxy) is 1. The summed E-state index contributed by atoms with van der Waals surface area (Å²) in [5.74, 6) is 0. The van der Waals surface area contributed by atoms with Crippen LogP contribution >= 0.6 is 8.09 Å². The number of nitrogens with two attached hydrogens (primary N) is 1. The van der Waals surface area contributed by atoms with Crippen molar-refractivity contribution in [3.63, 3.8) is 0 Å². The average Bonchev–Trinajstić information content (AvgIpc) is 3.06. The molecule has 4 atom stereocenters. The molecule has 0 bridgehead atoms. The molecule has 2 aromatic heterocycles. The van der Waals surface area contributed by atoms with Crippen molar-refractivity contribution in [3.8, 4) is 0 Å². The Labute approximate surface area is 129 Å². The van der Waals surface area contributed by atoms with Crippen molar-refractivity contribution < 1.29 is 29.3 Å². The largest absolute Gasteiger partial charge is 0.493 e. The molecule has 12 nitrogen and oxygen atoms in total. The fourth-order valence-electron chi connectivity index (χ4n) is 2.36. The van der Waals surface area contributed by atoms with Crippen LogP contribution in [0, 0.1) is 5.41 Å². The van der Waals surface area contributed by atoms with Crippen molar-refractivity contribution in [2.75, 3.05) is 6.61 Å². The molecule has 0 aliphatic carbocycles. The van der Waals surface area contributed by atoms with Crippen molar-refractivity contribution in [1.82, 2.24) is 19.5 Å². The summed E-state index contributed by atoms with van der Waals surface area (Å²) in [5, 5.41) is 27.9. The van der Waals surface area contributed by atoms with E-state index in [9.17, 15) is 10.2 Å². The molecule has 4 unspecified atom stereocenters. The molecule has 1 aliphatic rings. The topological polar surface area (TPSA) is 196 Å². The number of rotatable bonds is 4. The summed E-state index contributed by atoms with van der Waals surface area (Å²) in [6.07, 6.45) is -2.13. The second-order valence-corrected chi connectivity index (χ2v) is 6.47. The first-order chi connectivity index (χ1) is 10.8. The van der Waals surface area contributed by atoms with Crippen LogP contribution in [0.25, 0.3) is 11.2 Å². The number of fused-ring (bicyclic) bond motifs is 1. The van der Waals surface area contributed by atoms with E-state index < -0.39 is 39.2 Å². The van der Waals surface area contributed by atoms with Gasteiger partial charge in [-0.25, -0.2) is 9.97 Å². The maximum absolute atomic E-state index is 10.2. The highest BCUT2D eigenvalue weighted by Gasteiger charge is 2.46. The van der Waals surface area contributed by atoms with Crippen LogP contribution < -0.4 is 11.0 Å². The summed E-state index contributed by atoms with van der Waals surface area (Å²) >= 11 is 0. The van der Waals surface area contributed by atoms with Crippen LogP contribution in [0.5, 0.6) is 0 Å². The molecule has 13 heteroatoms. The number of hydrogen-bond donors (Lipinski definition) is 7. The third-order valence-corrected chi connectivity index (χ3v) is 3.98. The maximum Gasteiger partial charge on any atom is 0.493 e. The summed E-state index contributed by atoms with van der Waals surface area (Å²) in [6.45, 7) is -0.416. The van der Waals surface area contributed by atoms with Crippen LogP contribution in [-0.2, 0) is 9.26 Å². The van der Waals surface area contributed by atoms with E-state index >= 15 is 0 Å². The third-order valence-electron chi connectivity index (χ3n) is 3.45. The van der Waals surface area contributed by atoms with Gasteiger partial charge in [0.05, 0.1) is 6.33 Å². The minimum absolute atomic E-state index is 0.0278. The molecule has 3 rings (SSSR count). The Balaban J connectivity index is 1.87. The highest BCUT2D eigenvalue weighted by molar-refractivity contribution is 7.57. The molecule has 0 amide bonds. The lowest BCUT2D eigenvalue weighted by Gasteiger charge is -2.18. The normalized spacial score (nSPS) is 28.6. The number of H-pyrrole nitrogens is 1. The Morgan fingerprint density at radius 2 is 2.13 bits per heavy atom. The van der Waals surface area contributed by atoms with Crippen molar-refractivity contribution in [1.29, 1.82) is 5.41 Å². The van der Waals surface area contributed by atoms with Crippen LogP contribution in [0.1, 0.15) is 6.23 Å². The maximum atomic E-state index is 10.2. The van der Waals surface area contributed by atoms with E-state index in [1.165, 1.54) is 17.2 Å². The molecule has 0 radical (unpaired) electrons. The average molecular weight is 347 g/mol. The minimum Gasteiger partial charge on any atom is -0.387 e. The van der Waals surface area contributed by atoms with Gasteiger partial charge in [-0.3, -0.25) is 9.98 Å². The highest BCUT2D eigenvalue weighted by Crippen LogP contribution is 2.42. The summed E-state index contributed by atoms with van der Waals surface area (Å²) in [6, 6.07) is 0. The molecule has 126 valence electrons. The van der Waals surface area contributed by atoms with E-state index in [1.54, 1.807) is 0 Å². The fraction of sp³-hybridized carbons (Fsp3) is 0.500. The number of aliphatic hydroxyl groups is 2. The van der Waals surface area contributed by atoms with Crippen molar-refractivity contribution in [2.45, 2.75) is 24.5 Å². The highest BCUT2D eigenvalue weighted by atomic mass is 31.2. The van der Waals surface area contributed by atoms with Crippen molar-refractivity contribution in [2.24, 2.45) is 5.50 Å². The minimum atomic E-state index is -3.98. The lowest BCUT2D eigenvalue weighted by atomic mass is 10.1. The van der Waals surface area contributed by atoms with Gasteiger partial charge < -0.3 is 19.9 Å². The Morgan fingerprint density at radius 3 is 2.83 bits per heavy atom. The van der Waals surface area contributed by atoms with Gasteiger partial charge in [0, 0.05) is 0 Å². The number of nitrogens with one attached hydrogen (secondary N) is 2. The van der Waals surface area contributed by atoms with E-state index in [2.05, 4.69) is 19.5 Å². The van der Waals surface area contributed by atoms with E-state index in [4.69, 9.17) is 25.4 Å². The number of aliphatic hydroxyl groups excluding tert-OH is 2. The number of aromatic amines is 1. The van der Waals surface area contributed by atoms with Gasteiger partial charge in [-0.2, -0.15) is 14.3 Å². The van der Waals surface area contributed by atoms with E-state index in [0.717, 1.165) is 0 Å². The van der Waals surface area contributed by atoms with Crippen LogP contribution in [0.3, 0.4) is 0 Å². The standard InChI is InChI=1S/C10H16N6O6P/c11-8-5-9(14-2-13-5)16(3-15-8)10-7(18)6(17)4(22-10)1-21-23(12,19)20/h2-4,6-7,10-11,17-20H,1,12H2,(H,13,14)/q+1. The van der Waals surface area contributed by atoms with Crippen molar-refractivity contribution in [3.05, 3.63) is 18.1 Å². The Kier molecular flexibility index (Phi) is 4.16. The van der Waals surface area contributed by atoms with Crippen LogP contribution in [-0.4, -0.2) is 64.4 Å². The predicted octanol–water partition coefficient (Wildman–Crippen LogP) is -2.50. The monoisotopic (exact) mass is 347 g/mol. The van der Waals surface area contributed by atoms with Crippen molar-refractivity contribution >= 4 is 19.3 Å². The van der Waals surface area contributed by atoms with Crippen LogP contribution in [0.4, 0.5) is 0 Å². The lowest BCUT2D eigenvalue weighted by molar-refractivity contribution is -0.0500. The van der Waals surface area contributed by atoms with E-state index in [-0.39, 0.29) is 5.49 Å². The number of imidazole rings is 1. The molecule has 1 saturated heterocycles. The second-order valence-electron chi connectivity index (χ2n) is 5.03. The fourth-order valence-corrected chi connectivity index (χ4v) is 2.73. The summed E-state index contributed by atoms with van der Waals surface area (Å²) in [5.41, 5.74) is 5.59. The first kappa shape index (κ1) is 16.4. The van der Waals surface area contributed by atoms with Crippen LogP contribution in [0.15, 0.2) is 12.7 Å². The number of aromatic nitrogens is 4. The molecule has 3 heterocycles. The van der Waals surface area contributed by atoms with E-state index in [1.807, 2.05) is 0 Å². The quantitative estimate of drug-likeness (QED) is 0.292. The van der Waals surface area contributed by atoms with Gasteiger partial charge in [0.2, 0.25) is 0 Å². The second kappa shape index (κ2) is 5.85. The zero-order chi connectivity index (χ0) is 16.8. The smallest absolute Gasteiger partial charge is 0.387 e. The van der Waals surface area contributed by atoms with Crippen LogP contribution in [0.2, 0.25) is 0 Å². The molecular weight excluding hydrogens is 331 g/mol. The van der Waals surface area contributed by atoms with Gasteiger partial charge in [0.1, 0.15) is 36.8 Å². The van der Waals surface area contributed by atoms with Gasteiger partial charge in [-0.05, 0) is 0 Å². The van der Waals surface area contributed by atoms with Gasteiger partial charge in [0.15, 0.2) is 17.4 Å². The molecule has 0 saturated carbocycles. The SMILES string of the molecule is N=c1ncn(C2OC(CO[P+](N)(O)O)C(O)C2O)c2nc[nH]c12. The van der Waals surface area contributed by atoms with Gasteiger partial charge >= 0.3 is 8.09 Å². The zero-order valence-electron chi connectivity index (χ0n) is 11.6. The summed E-state index contributed by atoms with van der Waals surface area (Å²) in [4.78, 5) is 28.7. The van der Waals surface area contributed by atoms with Gasteiger partial charge in [-0.1, -0.05) is 0 Å². The molecule has 1 aliphatic heterocycles. The predicted molar refractivity (Wildman–Crippen MR) is 75.2 cm³/mol. The molecule has 8 N–H and O–H groups in total. The number of nitrogens with zero attached hydrogens (tertiary/aromatic N) is 3. The Hall–Kier alpha value is -1.50. The molecule has 0 spiro atoms. The molecule has 2 aromatic rings. The zero-order valence-corrected chi connectivity index (χ0v) is 12.5.